The Kier molecular flexibility index (Phi) is 4.70. The summed E-state index contributed by atoms with van der Waals surface area (Å²) in [7, 11) is 1.65. The molecule has 11 heteroatoms. The summed E-state index contributed by atoms with van der Waals surface area (Å²) in [5, 5.41) is 4.45. The highest BCUT2D eigenvalue weighted by atomic mass is 19.1. The van der Waals surface area contributed by atoms with E-state index in [4.69, 9.17) is 15.2 Å². The average Bonchev–Trinajstić information content (AvgIpc) is 3.61. The summed E-state index contributed by atoms with van der Waals surface area (Å²) in [5.74, 6) is -0.192. The van der Waals surface area contributed by atoms with Gasteiger partial charge >= 0.3 is 0 Å². The van der Waals surface area contributed by atoms with Crippen LogP contribution < -0.4 is 10.5 Å². The monoisotopic (exact) mass is 499 g/mol. The third-order valence-corrected chi connectivity index (χ3v) is 7.18. The Morgan fingerprint density at radius 1 is 1.14 bits per heavy atom. The first kappa shape index (κ1) is 21.7. The number of aromatic nitrogens is 5. The predicted molar refractivity (Wildman–Crippen MR) is 133 cm³/mol. The first-order valence-electron chi connectivity index (χ1n) is 11.8. The van der Waals surface area contributed by atoms with Gasteiger partial charge in [0.1, 0.15) is 29.5 Å². The molecule has 3 aromatic heterocycles. The van der Waals surface area contributed by atoms with Gasteiger partial charge in [0, 0.05) is 30.4 Å². The predicted octanol–water partition coefficient (Wildman–Crippen LogP) is 3.24. The normalized spacial score (nSPS) is 17.1. The molecule has 5 aromatic rings. The van der Waals surface area contributed by atoms with E-state index in [1.807, 2.05) is 35.3 Å². The standard InChI is InChI=1S/C26H22FN7O3/c1-32(26(35)18-5-21-20(6-19(18)27)31-25(28)22-8-29-13-33(21)22)23-12-37-24-4-14(2-3-17(23)24)15-7-30-34(9-15)16-10-36-11-16/h2-9,13,16,23H,10-12H2,1H3,(H2,28,31)/t23-/m1/s1. The number of halogens is 1. The van der Waals surface area contributed by atoms with E-state index in [2.05, 4.69) is 15.1 Å². The van der Waals surface area contributed by atoms with E-state index in [-0.39, 0.29) is 30.1 Å². The number of rotatable bonds is 4. The third-order valence-electron chi connectivity index (χ3n) is 7.18. The van der Waals surface area contributed by atoms with Crippen LogP contribution in [-0.2, 0) is 4.74 Å². The summed E-state index contributed by atoms with van der Waals surface area (Å²) in [6.45, 7) is 1.62. The zero-order chi connectivity index (χ0) is 25.3. The van der Waals surface area contributed by atoms with Gasteiger partial charge in [-0.05, 0) is 17.7 Å². The van der Waals surface area contributed by atoms with Crippen LogP contribution in [0.5, 0.6) is 5.75 Å². The zero-order valence-electron chi connectivity index (χ0n) is 19.8. The molecule has 1 fully saturated rings. The second-order valence-corrected chi connectivity index (χ2v) is 9.36. The Bertz CT molecular complexity index is 1710. The van der Waals surface area contributed by atoms with Gasteiger partial charge in [-0.3, -0.25) is 13.9 Å². The molecule has 1 atom stereocenters. The number of nitrogen functional groups attached to an aromatic ring is 1. The van der Waals surface area contributed by atoms with Gasteiger partial charge in [-0.2, -0.15) is 5.10 Å². The molecule has 2 N–H and O–H groups in total. The Labute approximate surface area is 210 Å². The second-order valence-electron chi connectivity index (χ2n) is 9.36. The van der Waals surface area contributed by atoms with Crippen molar-refractivity contribution in [2.24, 2.45) is 0 Å². The van der Waals surface area contributed by atoms with Gasteiger partial charge in [0.2, 0.25) is 0 Å². The molecule has 2 aromatic carbocycles. The van der Waals surface area contributed by atoms with Crippen LogP contribution in [0.1, 0.15) is 28.0 Å². The molecule has 5 heterocycles. The molecule has 7 rings (SSSR count). The smallest absolute Gasteiger partial charge is 0.257 e. The Balaban J connectivity index is 1.19. The quantitative estimate of drug-likeness (QED) is 0.404. The van der Waals surface area contributed by atoms with E-state index in [1.54, 1.807) is 24.0 Å². The molecule has 0 radical (unpaired) electrons. The fourth-order valence-electron chi connectivity index (χ4n) is 4.95. The Morgan fingerprint density at radius 2 is 2.00 bits per heavy atom. The number of imidazole rings is 1. The molecule has 186 valence electrons. The number of benzene rings is 2. The van der Waals surface area contributed by atoms with Crippen LogP contribution >= 0.6 is 0 Å². The minimum Gasteiger partial charge on any atom is -0.491 e. The molecule has 0 unspecified atom stereocenters. The lowest BCUT2D eigenvalue weighted by Gasteiger charge is -2.25. The van der Waals surface area contributed by atoms with E-state index in [9.17, 15) is 4.79 Å². The van der Waals surface area contributed by atoms with E-state index in [1.165, 1.54) is 17.0 Å². The van der Waals surface area contributed by atoms with Crippen molar-refractivity contribution < 1.29 is 18.7 Å². The molecule has 1 saturated heterocycles. The molecule has 0 aliphatic carbocycles. The number of nitrogens with two attached hydrogens (primary N) is 1. The highest BCUT2D eigenvalue weighted by Crippen LogP contribution is 2.39. The Hall–Kier alpha value is -4.51. The van der Waals surface area contributed by atoms with Gasteiger partial charge < -0.3 is 20.1 Å². The SMILES string of the molecule is CN(C(=O)c1cc2c(cc1F)nc(N)c1cncn12)[C@@H]1COc2cc(-c3cnn(C4COC4)c3)ccc21. The summed E-state index contributed by atoms with van der Waals surface area (Å²) in [4.78, 5) is 23.4. The first-order valence-corrected chi connectivity index (χ1v) is 11.8. The van der Waals surface area contributed by atoms with E-state index in [0.717, 1.165) is 16.7 Å². The lowest BCUT2D eigenvalue weighted by atomic mass is 10.0. The van der Waals surface area contributed by atoms with Crippen molar-refractivity contribution in [3.8, 4) is 16.9 Å². The lowest BCUT2D eigenvalue weighted by molar-refractivity contribution is -0.0286. The highest BCUT2D eigenvalue weighted by Gasteiger charge is 2.32. The van der Waals surface area contributed by atoms with Gasteiger partial charge in [0.25, 0.3) is 5.91 Å². The number of carbonyl (C=O) groups excluding carboxylic acids is 1. The van der Waals surface area contributed by atoms with Gasteiger partial charge in [-0.15, -0.1) is 0 Å². The maximum atomic E-state index is 15.1. The number of amides is 1. The summed E-state index contributed by atoms with van der Waals surface area (Å²) in [5.41, 5.74) is 10.2. The van der Waals surface area contributed by atoms with Crippen LogP contribution in [-0.4, -0.2) is 61.8 Å². The van der Waals surface area contributed by atoms with Crippen molar-refractivity contribution in [1.82, 2.24) is 29.0 Å². The number of hydrogen-bond acceptors (Lipinski definition) is 7. The van der Waals surface area contributed by atoms with Gasteiger partial charge in [-0.1, -0.05) is 12.1 Å². The zero-order valence-corrected chi connectivity index (χ0v) is 19.8. The molecule has 0 spiro atoms. The molecule has 0 bridgehead atoms. The van der Waals surface area contributed by atoms with Crippen molar-refractivity contribution in [2.45, 2.75) is 12.1 Å². The second kappa shape index (κ2) is 8.00. The molecule has 1 amide bonds. The first-order chi connectivity index (χ1) is 18.0. The number of nitrogens with zero attached hydrogens (tertiary/aromatic N) is 6. The van der Waals surface area contributed by atoms with Crippen LogP contribution in [0, 0.1) is 5.82 Å². The molecular weight excluding hydrogens is 477 g/mol. The van der Waals surface area contributed by atoms with Crippen LogP contribution in [0.15, 0.2) is 55.2 Å². The number of hydrogen-bond donors (Lipinski definition) is 1. The largest absolute Gasteiger partial charge is 0.491 e. The Morgan fingerprint density at radius 3 is 2.81 bits per heavy atom. The van der Waals surface area contributed by atoms with Crippen molar-refractivity contribution in [1.29, 1.82) is 0 Å². The summed E-state index contributed by atoms with van der Waals surface area (Å²) in [6, 6.07) is 8.53. The van der Waals surface area contributed by atoms with Crippen LogP contribution in [0.4, 0.5) is 10.2 Å². The van der Waals surface area contributed by atoms with Crippen molar-refractivity contribution in [2.75, 3.05) is 32.6 Å². The van der Waals surface area contributed by atoms with E-state index < -0.39 is 11.7 Å². The van der Waals surface area contributed by atoms with Gasteiger partial charge in [-0.25, -0.2) is 14.4 Å². The van der Waals surface area contributed by atoms with Crippen LogP contribution in [0.2, 0.25) is 0 Å². The topological polar surface area (TPSA) is 113 Å². The van der Waals surface area contributed by atoms with Crippen molar-refractivity contribution >= 4 is 28.3 Å². The number of ether oxygens (including phenoxy) is 2. The minimum atomic E-state index is -0.668. The highest BCUT2D eigenvalue weighted by molar-refractivity contribution is 5.98. The summed E-state index contributed by atoms with van der Waals surface area (Å²) in [6.07, 6.45) is 6.96. The fraction of sp³-hybridized carbons (Fsp3) is 0.231. The number of fused-ring (bicyclic) bond motifs is 4. The average molecular weight is 500 g/mol. The van der Waals surface area contributed by atoms with E-state index >= 15 is 4.39 Å². The van der Waals surface area contributed by atoms with E-state index in [0.29, 0.717) is 35.5 Å². The molecule has 2 aliphatic heterocycles. The fourth-order valence-corrected chi connectivity index (χ4v) is 4.95. The molecule has 0 saturated carbocycles. The summed E-state index contributed by atoms with van der Waals surface area (Å²) >= 11 is 0. The molecule has 37 heavy (non-hydrogen) atoms. The minimum absolute atomic E-state index is 0.0611. The maximum absolute atomic E-state index is 15.1. The van der Waals surface area contributed by atoms with Gasteiger partial charge in [0.15, 0.2) is 0 Å². The lowest BCUT2D eigenvalue weighted by Crippen LogP contribution is -2.32. The molecule has 10 nitrogen and oxygen atoms in total. The van der Waals surface area contributed by atoms with Crippen molar-refractivity contribution in [3.05, 3.63) is 72.2 Å². The van der Waals surface area contributed by atoms with Crippen LogP contribution in [0.3, 0.4) is 0 Å². The third kappa shape index (κ3) is 3.34. The number of anilines is 1. The van der Waals surface area contributed by atoms with Crippen molar-refractivity contribution in [3.63, 3.8) is 0 Å². The van der Waals surface area contributed by atoms with Gasteiger partial charge in [0.05, 0.1) is 60.6 Å². The number of carbonyl (C=O) groups is 1. The summed E-state index contributed by atoms with van der Waals surface area (Å²) < 4.78 is 29.9. The van der Waals surface area contributed by atoms with Crippen LogP contribution in [0.25, 0.3) is 27.7 Å². The molecule has 2 aliphatic rings. The number of likely N-dealkylation sites (N-methyl/N-ethyl adjacent to an activating group) is 1. The molecular formula is C26H22FN7O3. The maximum Gasteiger partial charge on any atom is 0.257 e.